The van der Waals surface area contributed by atoms with Gasteiger partial charge in [-0.1, -0.05) is 80.4 Å². The minimum atomic E-state index is -2.78. The molecular formula is C22H28F2OSi. The van der Waals surface area contributed by atoms with Gasteiger partial charge in [-0.05, 0) is 41.5 Å². The largest absolute Gasteiger partial charge is 0.435 e. The van der Waals surface area contributed by atoms with Crippen molar-refractivity contribution < 1.29 is 13.5 Å². The van der Waals surface area contributed by atoms with Crippen LogP contribution in [-0.2, 0) is 0 Å². The van der Waals surface area contributed by atoms with Gasteiger partial charge in [0.2, 0.25) is 0 Å². The number of halogens is 2. The topological polar surface area (TPSA) is 9.23 Å². The van der Waals surface area contributed by atoms with E-state index in [0.717, 1.165) is 23.0 Å². The number of rotatable bonds is 6. The Hall–Kier alpha value is -1.68. The molecule has 140 valence electrons. The van der Waals surface area contributed by atoms with Crippen LogP contribution in [0.3, 0.4) is 0 Å². The van der Waals surface area contributed by atoms with Crippen LogP contribution in [0.2, 0.25) is 12.1 Å². The summed E-state index contributed by atoms with van der Waals surface area (Å²) in [5.41, 5.74) is 2.15. The van der Waals surface area contributed by atoms with E-state index in [-0.39, 0.29) is 5.75 Å². The van der Waals surface area contributed by atoms with E-state index in [1.165, 1.54) is 31.4 Å². The van der Waals surface area contributed by atoms with Crippen LogP contribution in [0.1, 0.15) is 33.1 Å². The Morgan fingerprint density at radius 2 is 1.46 bits per heavy atom. The fourth-order valence-corrected chi connectivity index (χ4v) is 7.61. The maximum absolute atomic E-state index is 12.2. The smallest absolute Gasteiger partial charge is 0.387 e. The van der Waals surface area contributed by atoms with Crippen LogP contribution in [0.5, 0.6) is 5.75 Å². The SMILES string of the molecule is CC(C)CC1CC[SiH](c2ccc(-c3ccc(OC(F)F)cc3)cc2)CC1. The predicted octanol–water partition coefficient (Wildman–Crippen LogP) is 5.85. The number of ether oxygens (including phenoxy) is 1. The van der Waals surface area contributed by atoms with E-state index in [1.54, 1.807) is 17.3 Å². The van der Waals surface area contributed by atoms with Gasteiger partial charge in [0, 0.05) is 0 Å². The molecule has 0 aliphatic carbocycles. The summed E-state index contributed by atoms with van der Waals surface area (Å²) in [6, 6.07) is 18.6. The Bertz CT molecular complexity index is 674. The molecule has 26 heavy (non-hydrogen) atoms. The van der Waals surface area contributed by atoms with Crippen LogP contribution >= 0.6 is 0 Å². The molecule has 1 heterocycles. The molecule has 1 aliphatic rings. The maximum atomic E-state index is 12.2. The van der Waals surface area contributed by atoms with E-state index >= 15 is 0 Å². The second-order valence-corrected chi connectivity index (χ2v) is 11.1. The Morgan fingerprint density at radius 1 is 0.923 bits per heavy atom. The van der Waals surface area contributed by atoms with Crippen molar-refractivity contribution in [2.45, 2.75) is 51.8 Å². The molecule has 1 saturated heterocycles. The molecule has 1 fully saturated rings. The first-order chi connectivity index (χ1) is 12.5. The highest BCUT2D eigenvalue weighted by molar-refractivity contribution is 6.73. The summed E-state index contributed by atoms with van der Waals surface area (Å²) in [5, 5.41) is 1.56. The summed E-state index contributed by atoms with van der Waals surface area (Å²) in [4.78, 5) is 0. The van der Waals surface area contributed by atoms with Crippen LogP contribution in [0.15, 0.2) is 48.5 Å². The third kappa shape index (κ3) is 5.16. The number of benzene rings is 2. The second kappa shape index (κ2) is 8.80. The van der Waals surface area contributed by atoms with E-state index in [1.807, 2.05) is 12.1 Å². The van der Waals surface area contributed by atoms with Crippen LogP contribution in [0.25, 0.3) is 11.1 Å². The molecule has 0 unspecified atom stereocenters. The average molecular weight is 375 g/mol. The minimum Gasteiger partial charge on any atom is -0.435 e. The Morgan fingerprint density at radius 3 is 1.96 bits per heavy atom. The van der Waals surface area contributed by atoms with Crippen molar-refractivity contribution in [1.82, 2.24) is 0 Å². The van der Waals surface area contributed by atoms with Crippen molar-refractivity contribution in [3.8, 4) is 16.9 Å². The Kier molecular flexibility index (Phi) is 6.46. The van der Waals surface area contributed by atoms with Crippen molar-refractivity contribution in [3.63, 3.8) is 0 Å². The Balaban J connectivity index is 1.60. The van der Waals surface area contributed by atoms with E-state index in [9.17, 15) is 8.78 Å². The molecule has 1 nitrogen and oxygen atoms in total. The molecule has 3 rings (SSSR count). The first kappa shape index (κ1) is 19.1. The lowest BCUT2D eigenvalue weighted by atomic mass is 9.92. The number of hydrogen-bond acceptors (Lipinski definition) is 1. The fraction of sp³-hybridized carbons (Fsp3) is 0.455. The highest BCUT2D eigenvalue weighted by atomic mass is 28.3. The molecular weight excluding hydrogens is 346 g/mol. The molecule has 2 aromatic rings. The number of hydrogen-bond donors (Lipinski definition) is 0. The molecule has 4 heteroatoms. The average Bonchev–Trinajstić information content (AvgIpc) is 2.62. The molecule has 1 aliphatic heterocycles. The third-order valence-corrected chi connectivity index (χ3v) is 8.83. The van der Waals surface area contributed by atoms with Crippen molar-refractivity contribution in [1.29, 1.82) is 0 Å². The summed E-state index contributed by atoms with van der Waals surface area (Å²) in [5.74, 6) is 1.95. The quantitative estimate of drug-likeness (QED) is 0.577. The van der Waals surface area contributed by atoms with Gasteiger partial charge in [-0.2, -0.15) is 8.78 Å². The van der Waals surface area contributed by atoms with E-state index < -0.39 is 15.4 Å². The lowest BCUT2D eigenvalue weighted by Gasteiger charge is -2.29. The van der Waals surface area contributed by atoms with Gasteiger partial charge in [-0.3, -0.25) is 0 Å². The third-order valence-electron chi connectivity index (χ3n) is 5.45. The van der Waals surface area contributed by atoms with Gasteiger partial charge in [-0.25, -0.2) is 0 Å². The van der Waals surface area contributed by atoms with Gasteiger partial charge in [0.1, 0.15) is 5.75 Å². The molecule has 0 bridgehead atoms. The molecule has 0 amide bonds. The second-order valence-electron chi connectivity index (χ2n) is 7.87. The monoisotopic (exact) mass is 374 g/mol. The summed E-state index contributed by atoms with van der Waals surface area (Å²) < 4.78 is 28.9. The lowest BCUT2D eigenvalue weighted by Crippen LogP contribution is -2.34. The predicted molar refractivity (Wildman–Crippen MR) is 107 cm³/mol. The molecule has 0 radical (unpaired) electrons. The van der Waals surface area contributed by atoms with Crippen LogP contribution in [0.4, 0.5) is 8.78 Å². The van der Waals surface area contributed by atoms with Crippen molar-refractivity contribution >= 4 is 14.0 Å². The zero-order chi connectivity index (χ0) is 18.5. The van der Waals surface area contributed by atoms with Gasteiger partial charge in [0.15, 0.2) is 0 Å². The normalized spacial score (nSPS) is 20.5. The van der Waals surface area contributed by atoms with E-state index in [0.29, 0.717) is 0 Å². The van der Waals surface area contributed by atoms with Crippen molar-refractivity contribution in [3.05, 3.63) is 48.5 Å². The highest BCUT2D eigenvalue weighted by Gasteiger charge is 2.23. The van der Waals surface area contributed by atoms with Gasteiger partial charge in [-0.15, -0.1) is 0 Å². The summed E-state index contributed by atoms with van der Waals surface area (Å²) in [7, 11) is -0.811. The van der Waals surface area contributed by atoms with Crippen molar-refractivity contribution in [2.24, 2.45) is 11.8 Å². The van der Waals surface area contributed by atoms with Gasteiger partial charge >= 0.3 is 6.61 Å². The standard InChI is InChI=1S/C22H28F2OSi/c1-16(2)15-17-11-13-26(14-12-17)21-9-5-19(6-10-21)18-3-7-20(8-4-18)25-22(23)24/h3-10,16-17,22,26H,11-15H2,1-2H3. The highest BCUT2D eigenvalue weighted by Crippen LogP contribution is 2.30. The summed E-state index contributed by atoms with van der Waals surface area (Å²) >= 11 is 0. The molecule has 0 saturated carbocycles. The molecule has 0 aromatic heterocycles. The first-order valence-electron chi connectivity index (χ1n) is 9.66. The maximum Gasteiger partial charge on any atom is 0.387 e. The zero-order valence-electron chi connectivity index (χ0n) is 15.6. The van der Waals surface area contributed by atoms with Crippen LogP contribution in [0, 0.1) is 11.8 Å². The molecule has 2 aromatic carbocycles. The van der Waals surface area contributed by atoms with Crippen LogP contribution in [-0.4, -0.2) is 15.4 Å². The van der Waals surface area contributed by atoms with Gasteiger partial charge < -0.3 is 4.74 Å². The van der Waals surface area contributed by atoms with E-state index in [2.05, 4.69) is 42.8 Å². The molecule has 0 atom stereocenters. The first-order valence-corrected chi connectivity index (χ1v) is 11.9. The summed E-state index contributed by atoms with van der Waals surface area (Å²) in [6.45, 7) is 1.88. The van der Waals surface area contributed by atoms with Crippen molar-refractivity contribution in [2.75, 3.05) is 0 Å². The zero-order valence-corrected chi connectivity index (χ0v) is 16.8. The minimum absolute atomic E-state index is 0.200. The van der Waals surface area contributed by atoms with Crippen LogP contribution < -0.4 is 9.92 Å². The lowest BCUT2D eigenvalue weighted by molar-refractivity contribution is -0.0498. The molecule has 0 N–H and O–H groups in total. The van der Waals surface area contributed by atoms with Gasteiger partial charge in [0.25, 0.3) is 0 Å². The number of alkyl halides is 2. The fourth-order valence-electron chi connectivity index (χ4n) is 4.17. The van der Waals surface area contributed by atoms with E-state index in [4.69, 9.17) is 0 Å². The molecule has 0 spiro atoms. The summed E-state index contributed by atoms with van der Waals surface area (Å²) in [6.07, 6.45) is 4.19. The van der Waals surface area contributed by atoms with Gasteiger partial charge in [0.05, 0.1) is 8.80 Å². The Labute approximate surface area is 157 Å².